The van der Waals surface area contributed by atoms with E-state index >= 15 is 0 Å². The molecule has 0 bridgehead atoms. The SMILES string of the molecule is C=CCn1c(=NC(=O)CCCS(=O)(=O)c2ccc(Cl)cc2)sc2cc(C)ccc21. The fourth-order valence-corrected chi connectivity index (χ4v) is 5.50. The van der Waals surface area contributed by atoms with Crippen LogP contribution >= 0.6 is 22.9 Å². The third-order valence-electron chi connectivity index (χ3n) is 4.35. The molecule has 3 aromatic rings. The Morgan fingerprint density at radius 2 is 1.97 bits per heavy atom. The second-order valence-electron chi connectivity index (χ2n) is 6.64. The van der Waals surface area contributed by atoms with Gasteiger partial charge in [0.25, 0.3) is 0 Å². The summed E-state index contributed by atoms with van der Waals surface area (Å²) in [6.07, 6.45) is 2.03. The summed E-state index contributed by atoms with van der Waals surface area (Å²) < 4.78 is 27.7. The molecule has 29 heavy (non-hydrogen) atoms. The minimum atomic E-state index is -3.46. The maximum absolute atomic E-state index is 12.4. The number of halogens is 1. The quantitative estimate of drug-likeness (QED) is 0.498. The molecule has 1 aromatic heterocycles. The van der Waals surface area contributed by atoms with Gasteiger partial charge in [0.1, 0.15) is 0 Å². The molecule has 0 atom stereocenters. The molecule has 0 aliphatic carbocycles. The van der Waals surface area contributed by atoms with E-state index in [0.29, 0.717) is 16.4 Å². The van der Waals surface area contributed by atoms with Gasteiger partial charge in [0.2, 0.25) is 5.91 Å². The lowest BCUT2D eigenvalue weighted by molar-refractivity contribution is -0.118. The van der Waals surface area contributed by atoms with Gasteiger partial charge in [-0.25, -0.2) is 8.42 Å². The average Bonchev–Trinajstić information content (AvgIpc) is 2.98. The van der Waals surface area contributed by atoms with Crippen LogP contribution < -0.4 is 4.80 Å². The number of carbonyl (C=O) groups excluding carboxylic acids is 1. The molecular formula is C21H21ClN2O3S2. The maximum atomic E-state index is 12.4. The van der Waals surface area contributed by atoms with E-state index in [1.165, 1.54) is 35.6 Å². The van der Waals surface area contributed by atoms with Crippen molar-refractivity contribution in [2.45, 2.75) is 31.2 Å². The number of thiazole rings is 1. The Morgan fingerprint density at radius 3 is 2.66 bits per heavy atom. The van der Waals surface area contributed by atoms with Crippen molar-refractivity contribution in [2.75, 3.05) is 5.75 Å². The summed E-state index contributed by atoms with van der Waals surface area (Å²) in [4.78, 5) is 17.4. The van der Waals surface area contributed by atoms with E-state index < -0.39 is 9.84 Å². The summed E-state index contributed by atoms with van der Waals surface area (Å²) in [7, 11) is -3.46. The number of allylic oxidation sites excluding steroid dienone is 1. The summed E-state index contributed by atoms with van der Waals surface area (Å²) in [6.45, 7) is 6.33. The number of carbonyl (C=O) groups is 1. The first-order valence-corrected chi connectivity index (χ1v) is 11.9. The number of amides is 1. The van der Waals surface area contributed by atoms with Crippen molar-refractivity contribution in [3.63, 3.8) is 0 Å². The molecule has 0 aliphatic rings. The predicted octanol–water partition coefficient (Wildman–Crippen LogP) is 4.53. The number of nitrogens with zero attached hydrogens (tertiary/aromatic N) is 2. The van der Waals surface area contributed by atoms with Crippen LogP contribution in [-0.4, -0.2) is 24.6 Å². The third kappa shape index (κ3) is 5.23. The molecule has 8 heteroatoms. The van der Waals surface area contributed by atoms with Crippen molar-refractivity contribution in [3.8, 4) is 0 Å². The highest BCUT2D eigenvalue weighted by molar-refractivity contribution is 7.91. The maximum Gasteiger partial charge on any atom is 0.248 e. The second-order valence-corrected chi connectivity index (χ2v) is 10.2. The summed E-state index contributed by atoms with van der Waals surface area (Å²) in [5.41, 5.74) is 2.13. The van der Waals surface area contributed by atoms with Gasteiger partial charge in [-0.05, 0) is 55.3 Å². The Kier molecular flexibility index (Phi) is 6.72. The van der Waals surface area contributed by atoms with Crippen molar-refractivity contribution in [3.05, 3.63) is 70.5 Å². The molecule has 152 valence electrons. The van der Waals surface area contributed by atoms with E-state index in [1.54, 1.807) is 6.08 Å². The smallest absolute Gasteiger partial charge is 0.248 e. The zero-order valence-electron chi connectivity index (χ0n) is 16.0. The highest BCUT2D eigenvalue weighted by Crippen LogP contribution is 2.19. The Balaban J connectivity index is 1.74. The van der Waals surface area contributed by atoms with E-state index in [2.05, 4.69) is 17.6 Å². The average molecular weight is 449 g/mol. The molecule has 0 spiro atoms. The number of sulfone groups is 1. The summed E-state index contributed by atoms with van der Waals surface area (Å²) in [5.74, 6) is -0.453. The van der Waals surface area contributed by atoms with Gasteiger partial charge in [-0.2, -0.15) is 4.99 Å². The molecule has 1 heterocycles. The molecule has 0 unspecified atom stereocenters. The van der Waals surface area contributed by atoms with Crippen LogP contribution in [0, 0.1) is 6.92 Å². The number of benzene rings is 2. The zero-order valence-corrected chi connectivity index (χ0v) is 18.4. The van der Waals surface area contributed by atoms with E-state index in [-0.39, 0.29) is 29.4 Å². The van der Waals surface area contributed by atoms with Gasteiger partial charge in [0.15, 0.2) is 14.6 Å². The Hall–Kier alpha value is -2.22. The van der Waals surface area contributed by atoms with Crippen molar-refractivity contribution < 1.29 is 13.2 Å². The van der Waals surface area contributed by atoms with Gasteiger partial charge < -0.3 is 4.57 Å². The largest absolute Gasteiger partial charge is 0.313 e. The normalized spacial score (nSPS) is 12.4. The van der Waals surface area contributed by atoms with Crippen LogP contribution in [-0.2, 0) is 21.2 Å². The zero-order chi connectivity index (χ0) is 21.0. The number of rotatable bonds is 7. The summed E-state index contributed by atoms with van der Waals surface area (Å²) in [6, 6.07) is 12.1. The summed E-state index contributed by atoms with van der Waals surface area (Å²) in [5, 5.41) is 0.476. The van der Waals surface area contributed by atoms with Crippen LogP contribution in [0.2, 0.25) is 5.02 Å². The highest BCUT2D eigenvalue weighted by atomic mass is 35.5. The molecule has 3 rings (SSSR count). The second kappa shape index (κ2) is 9.07. The fraction of sp³-hybridized carbons (Fsp3) is 0.238. The number of aryl methyl sites for hydroxylation is 1. The fourth-order valence-electron chi connectivity index (χ4n) is 2.91. The monoisotopic (exact) mass is 448 g/mol. The van der Waals surface area contributed by atoms with E-state index in [1.807, 2.05) is 23.6 Å². The number of fused-ring (bicyclic) bond motifs is 1. The van der Waals surface area contributed by atoms with Gasteiger partial charge in [0.05, 0.1) is 20.9 Å². The standard InChI is InChI=1S/C21H21ClN2O3S2/c1-3-12-24-18-11-6-15(2)14-19(18)28-21(24)23-20(25)5-4-13-29(26,27)17-9-7-16(22)8-10-17/h3,6-11,14H,1,4-5,12-13H2,2H3. The van der Waals surface area contributed by atoms with Crippen LogP contribution in [0.15, 0.2) is 65.0 Å². The van der Waals surface area contributed by atoms with E-state index in [4.69, 9.17) is 11.6 Å². The van der Waals surface area contributed by atoms with Crippen molar-refractivity contribution in [2.24, 2.45) is 4.99 Å². The number of hydrogen-bond donors (Lipinski definition) is 0. The van der Waals surface area contributed by atoms with Crippen LogP contribution in [0.4, 0.5) is 0 Å². The summed E-state index contributed by atoms with van der Waals surface area (Å²) >= 11 is 7.24. The molecule has 5 nitrogen and oxygen atoms in total. The Labute approximate surface area is 178 Å². The van der Waals surface area contributed by atoms with Crippen molar-refractivity contribution >= 4 is 48.9 Å². The lowest BCUT2D eigenvalue weighted by Gasteiger charge is -2.04. The van der Waals surface area contributed by atoms with Crippen molar-refractivity contribution in [1.29, 1.82) is 0 Å². The minimum absolute atomic E-state index is 0.0637. The van der Waals surface area contributed by atoms with Gasteiger partial charge in [-0.15, -0.1) is 6.58 Å². The Morgan fingerprint density at radius 1 is 1.24 bits per heavy atom. The predicted molar refractivity (Wildman–Crippen MR) is 118 cm³/mol. The van der Waals surface area contributed by atoms with Crippen LogP contribution in [0.3, 0.4) is 0 Å². The van der Waals surface area contributed by atoms with Gasteiger partial charge in [-0.3, -0.25) is 4.79 Å². The molecule has 0 N–H and O–H groups in total. The van der Waals surface area contributed by atoms with E-state index in [9.17, 15) is 13.2 Å². The molecule has 0 fully saturated rings. The van der Waals surface area contributed by atoms with Gasteiger partial charge in [-0.1, -0.05) is 35.1 Å². The van der Waals surface area contributed by atoms with Gasteiger partial charge in [0, 0.05) is 18.0 Å². The van der Waals surface area contributed by atoms with E-state index in [0.717, 1.165) is 15.8 Å². The van der Waals surface area contributed by atoms with Crippen molar-refractivity contribution in [1.82, 2.24) is 4.57 Å². The molecule has 2 aromatic carbocycles. The molecule has 1 amide bonds. The lowest BCUT2D eigenvalue weighted by atomic mass is 10.2. The third-order valence-corrected chi connectivity index (χ3v) is 7.46. The molecule has 0 aliphatic heterocycles. The number of aromatic nitrogens is 1. The van der Waals surface area contributed by atoms with Gasteiger partial charge >= 0.3 is 0 Å². The highest BCUT2D eigenvalue weighted by Gasteiger charge is 2.15. The first-order chi connectivity index (χ1) is 13.8. The van der Waals surface area contributed by atoms with Crippen LogP contribution in [0.25, 0.3) is 10.2 Å². The minimum Gasteiger partial charge on any atom is -0.313 e. The van der Waals surface area contributed by atoms with Crippen LogP contribution in [0.1, 0.15) is 18.4 Å². The number of hydrogen-bond acceptors (Lipinski definition) is 4. The van der Waals surface area contributed by atoms with Crippen LogP contribution in [0.5, 0.6) is 0 Å². The molecule has 0 saturated carbocycles. The molecule has 0 saturated heterocycles. The topological polar surface area (TPSA) is 68.5 Å². The first kappa shape index (κ1) is 21.5. The Bertz CT molecular complexity index is 1220. The lowest BCUT2D eigenvalue weighted by Crippen LogP contribution is -2.16. The molecule has 0 radical (unpaired) electrons. The molecular weight excluding hydrogens is 428 g/mol. The first-order valence-electron chi connectivity index (χ1n) is 9.07.